The van der Waals surface area contributed by atoms with Crippen LogP contribution in [0, 0.1) is 0 Å². The van der Waals surface area contributed by atoms with Gasteiger partial charge in [-0.15, -0.1) is 0 Å². The van der Waals surface area contributed by atoms with Crippen molar-refractivity contribution in [3.8, 4) is 5.75 Å². The number of benzene rings is 1. The van der Waals surface area contributed by atoms with E-state index in [1.807, 2.05) is 0 Å². The zero-order valence-electron chi connectivity index (χ0n) is 19.4. The van der Waals surface area contributed by atoms with Crippen LogP contribution in [-0.4, -0.2) is 11.3 Å². The smallest absolute Gasteiger partial charge is 0.449 e. The van der Waals surface area contributed by atoms with Crippen molar-refractivity contribution in [1.29, 1.82) is 0 Å². The zero-order valence-corrected chi connectivity index (χ0v) is 19.4. The summed E-state index contributed by atoms with van der Waals surface area (Å²) in [5, 5.41) is 9.34. The summed E-state index contributed by atoms with van der Waals surface area (Å²) in [6, 6.07) is 2.07. The summed E-state index contributed by atoms with van der Waals surface area (Å²) < 4.78 is 5.32. The SMILES string of the molecule is CCCCCCCc1cc(OC(=O)O)c(CCCC)c(CCCC)c1CCCC. The van der Waals surface area contributed by atoms with E-state index in [1.165, 1.54) is 61.6 Å². The van der Waals surface area contributed by atoms with Crippen LogP contribution in [0.15, 0.2) is 6.07 Å². The summed E-state index contributed by atoms with van der Waals surface area (Å²) in [5.74, 6) is 0.598. The molecule has 0 saturated heterocycles. The molecular weight excluding hydrogens is 360 g/mol. The Hall–Kier alpha value is -1.51. The topological polar surface area (TPSA) is 46.5 Å². The molecular formula is C26H44O3. The molecule has 0 unspecified atom stereocenters. The highest BCUT2D eigenvalue weighted by molar-refractivity contribution is 5.64. The molecule has 0 aliphatic carbocycles. The summed E-state index contributed by atoms with van der Waals surface area (Å²) in [6.07, 6.45) is 16.0. The number of ether oxygens (including phenoxy) is 1. The van der Waals surface area contributed by atoms with Gasteiger partial charge in [-0.3, -0.25) is 0 Å². The molecule has 3 nitrogen and oxygen atoms in total. The molecule has 1 aromatic carbocycles. The summed E-state index contributed by atoms with van der Waals surface area (Å²) in [6.45, 7) is 8.90. The Morgan fingerprint density at radius 1 is 0.690 bits per heavy atom. The average Bonchev–Trinajstić information content (AvgIpc) is 2.70. The van der Waals surface area contributed by atoms with Gasteiger partial charge in [-0.05, 0) is 79.7 Å². The molecule has 0 radical (unpaired) electrons. The van der Waals surface area contributed by atoms with Crippen LogP contribution < -0.4 is 4.74 Å². The van der Waals surface area contributed by atoms with E-state index < -0.39 is 6.16 Å². The van der Waals surface area contributed by atoms with E-state index in [2.05, 4.69) is 33.8 Å². The van der Waals surface area contributed by atoms with Gasteiger partial charge in [0.1, 0.15) is 5.75 Å². The van der Waals surface area contributed by atoms with E-state index in [9.17, 15) is 9.90 Å². The lowest BCUT2D eigenvalue weighted by atomic mass is 9.85. The minimum absolute atomic E-state index is 0.598. The van der Waals surface area contributed by atoms with Gasteiger partial charge in [0.2, 0.25) is 0 Å². The van der Waals surface area contributed by atoms with Gasteiger partial charge in [-0.1, -0.05) is 72.6 Å². The Labute approximate surface area is 179 Å². The maximum atomic E-state index is 11.4. The predicted molar refractivity (Wildman–Crippen MR) is 123 cm³/mol. The fraction of sp³-hybridized carbons (Fsp3) is 0.731. The van der Waals surface area contributed by atoms with Crippen LogP contribution in [0.25, 0.3) is 0 Å². The molecule has 0 saturated carbocycles. The molecule has 0 spiro atoms. The van der Waals surface area contributed by atoms with Crippen molar-refractivity contribution in [2.45, 2.75) is 124 Å². The first-order valence-electron chi connectivity index (χ1n) is 12.2. The van der Waals surface area contributed by atoms with Crippen LogP contribution in [-0.2, 0) is 25.7 Å². The second-order valence-electron chi connectivity index (χ2n) is 8.31. The van der Waals surface area contributed by atoms with Crippen molar-refractivity contribution >= 4 is 6.16 Å². The van der Waals surface area contributed by atoms with E-state index in [0.29, 0.717) is 5.75 Å². The Balaban J connectivity index is 3.33. The van der Waals surface area contributed by atoms with Gasteiger partial charge in [0.15, 0.2) is 0 Å². The second kappa shape index (κ2) is 15.3. The first-order valence-corrected chi connectivity index (χ1v) is 12.2. The quantitative estimate of drug-likeness (QED) is 0.171. The minimum Gasteiger partial charge on any atom is -0.449 e. The van der Waals surface area contributed by atoms with Crippen LogP contribution in [0.1, 0.15) is 121 Å². The van der Waals surface area contributed by atoms with E-state index in [4.69, 9.17) is 4.74 Å². The third-order valence-corrected chi connectivity index (χ3v) is 5.81. The van der Waals surface area contributed by atoms with Crippen LogP contribution in [0.4, 0.5) is 4.79 Å². The summed E-state index contributed by atoms with van der Waals surface area (Å²) in [7, 11) is 0. The van der Waals surface area contributed by atoms with Gasteiger partial charge >= 0.3 is 6.16 Å². The lowest BCUT2D eigenvalue weighted by molar-refractivity contribution is 0.144. The Kier molecular flexibility index (Phi) is 13.5. The summed E-state index contributed by atoms with van der Waals surface area (Å²) in [5.41, 5.74) is 5.39. The molecule has 1 aromatic rings. The molecule has 0 atom stereocenters. The number of carbonyl (C=O) groups is 1. The molecule has 0 aromatic heterocycles. The van der Waals surface area contributed by atoms with E-state index in [-0.39, 0.29) is 0 Å². The highest BCUT2D eigenvalue weighted by atomic mass is 16.7. The Morgan fingerprint density at radius 3 is 1.76 bits per heavy atom. The standard InChI is InChI=1S/C26H44O3/c1-5-9-13-14-15-16-21-20-25(29-26(27)28)24(19-12-8-4)23(18-11-7-3)22(21)17-10-6-2/h20H,5-19H2,1-4H3,(H,27,28). The molecule has 1 rings (SSSR count). The molecule has 0 fully saturated rings. The monoisotopic (exact) mass is 404 g/mol. The largest absolute Gasteiger partial charge is 0.511 e. The second-order valence-corrected chi connectivity index (χ2v) is 8.31. The normalized spacial score (nSPS) is 11.0. The third kappa shape index (κ3) is 9.23. The zero-order chi connectivity index (χ0) is 21.5. The third-order valence-electron chi connectivity index (χ3n) is 5.81. The Morgan fingerprint density at radius 2 is 1.21 bits per heavy atom. The molecule has 0 amide bonds. The molecule has 0 bridgehead atoms. The maximum absolute atomic E-state index is 11.4. The Bertz CT molecular complexity index is 592. The highest BCUT2D eigenvalue weighted by Crippen LogP contribution is 2.34. The number of hydrogen-bond acceptors (Lipinski definition) is 2. The number of carboxylic acid groups (broad SMARTS) is 1. The minimum atomic E-state index is -1.20. The van der Waals surface area contributed by atoms with Gasteiger partial charge in [0.05, 0.1) is 0 Å². The summed E-state index contributed by atoms with van der Waals surface area (Å²) >= 11 is 0. The molecule has 0 heterocycles. The van der Waals surface area contributed by atoms with Crippen LogP contribution in [0.5, 0.6) is 5.75 Å². The van der Waals surface area contributed by atoms with Crippen molar-refractivity contribution < 1.29 is 14.6 Å². The molecule has 1 N–H and O–H groups in total. The maximum Gasteiger partial charge on any atom is 0.511 e. The van der Waals surface area contributed by atoms with Gasteiger partial charge in [0, 0.05) is 0 Å². The number of rotatable bonds is 16. The van der Waals surface area contributed by atoms with E-state index >= 15 is 0 Å². The van der Waals surface area contributed by atoms with E-state index in [0.717, 1.165) is 56.9 Å². The lowest BCUT2D eigenvalue weighted by Gasteiger charge is -2.22. The lowest BCUT2D eigenvalue weighted by Crippen LogP contribution is -2.12. The van der Waals surface area contributed by atoms with Gasteiger partial charge in [-0.25, -0.2) is 4.79 Å². The van der Waals surface area contributed by atoms with E-state index in [1.54, 1.807) is 0 Å². The van der Waals surface area contributed by atoms with Crippen LogP contribution in [0.2, 0.25) is 0 Å². The van der Waals surface area contributed by atoms with Crippen molar-refractivity contribution in [2.75, 3.05) is 0 Å². The van der Waals surface area contributed by atoms with Crippen molar-refractivity contribution in [2.24, 2.45) is 0 Å². The molecule has 0 aliphatic heterocycles. The summed E-state index contributed by atoms with van der Waals surface area (Å²) in [4.78, 5) is 11.4. The highest BCUT2D eigenvalue weighted by Gasteiger charge is 2.20. The molecule has 166 valence electrons. The van der Waals surface area contributed by atoms with Gasteiger partial charge in [-0.2, -0.15) is 0 Å². The first-order chi connectivity index (χ1) is 14.1. The van der Waals surface area contributed by atoms with Crippen LogP contribution in [0.3, 0.4) is 0 Å². The average molecular weight is 405 g/mol. The van der Waals surface area contributed by atoms with Gasteiger partial charge < -0.3 is 9.84 Å². The predicted octanol–water partition coefficient (Wildman–Crippen LogP) is 8.28. The molecule has 0 aliphatic rings. The fourth-order valence-electron chi connectivity index (χ4n) is 4.13. The molecule has 29 heavy (non-hydrogen) atoms. The number of unbranched alkanes of at least 4 members (excludes halogenated alkanes) is 7. The number of hydrogen-bond donors (Lipinski definition) is 1. The van der Waals surface area contributed by atoms with Gasteiger partial charge in [0.25, 0.3) is 0 Å². The van der Waals surface area contributed by atoms with Crippen molar-refractivity contribution in [3.63, 3.8) is 0 Å². The molecule has 3 heteroatoms. The first kappa shape index (κ1) is 25.5. The number of aryl methyl sites for hydroxylation is 1. The van der Waals surface area contributed by atoms with Crippen LogP contribution >= 0.6 is 0 Å². The van der Waals surface area contributed by atoms with Crippen molar-refractivity contribution in [1.82, 2.24) is 0 Å². The fourth-order valence-corrected chi connectivity index (χ4v) is 4.13. The van der Waals surface area contributed by atoms with Crippen molar-refractivity contribution in [3.05, 3.63) is 28.3 Å².